The number of rotatable bonds is 5. The average Bonchev–Trinajstić information content (AvgIpc) is 2.59. The molecule has 1 aromatic carbocycles. The van der Waals surface area contributed by atoms with Gasteiger partial charge in [0.15, 0.2) is 5.78 Å². The fraction of sp³-hybridized carbons (Fsp3) is 0.545. The van der Waals surface area contributed by atoms with Crippen LogP contribution in [-0.4, -0.2) is 35.5 Å². The van der Waals surface area contributed by atoms with E-state index in [-0.39, 0.29) is 11.9 Å². The van der Waals surface area contributed by atoms with Gasteiger partial charge >= 0.3 is 6.09 Å². The fourth-order valence-corrected chi connectivity index (χ4v) is 3.14. The largest absolute Gasteiger partial charge is 0.462 e. The molecule has 27 heavy (non-hydrogen) atoms. The van der Waals surface area contributed by atoms with Crippen molar-refractivity contribution < 1.29 is 19.1 Å². The van der Waals surface area contributed by atoms with Crippen LogP contribution in [0.3, 0.4) is 0 Å². The van der Waals surface area contributed by atoms with E-state index in [2.05, 4.69) is 6.07 Å². The Kier molecular flexibility index (Phi) is 7.05. The van der Waals surface area contributed by atoms with Gasteiger partial charge in [-0.25, -0.2) is 4.79 Å². The minimum Gasteiger partial charge on any atom is -0.462 e. The number of hydrogen-bond donors (Lipinski definition) is 0. The zero-order valence-corrected chi connectivity index (χ0v) is 17.1. The first-order valence-electron chi connectivity index (χ1n) is 9.65. The van der Waals surface area contributed by atoms with Gasteiger partial charge in [0.2, 0.25) is 0 Å². The number of carbonyl (C=O) groups excluding carboxylic acids is 2. The predicted molar refractivity (Wildman–Crippen MR) is 106 cm³/mol. The SMILES string of the molecule is CC/C(=C\C(C)=O)Oc1cccc(C2CCN(C(=O)OC(C)(C)C)CC2)c1. The van der Waals surface area contributed by atoms with Gasteiger partial charge in [0.25, 0.3) is 0 Å². The van der Waals surface area contributed by atoms with E-state index in [9.17, 15) is 9.59 Å². The van der Waals surface area contributed by atoms with E-state index in [1.54, 1.807) is 4.90 Å². The Morgan fingerprint density at radius 2 is 1.89 bits per heavy atom. The molecule has 0 aromatic heterocycles. The van der Waals surface area contributed by atoms with Crippen molar-refractivity contribution in [3.63, 3.8) is 0 Å². The number of nitrogens with zero attached hydrogens (tertiary/aromatic N) is 1. The van der Waals surface area contributed by atoms with Crippen LogP contribution in [0.15, 0.2) is 36.1 Å². The molecule has 1 aromatic rings. The summed E-state index contributed by atoms with van der Waals surface area (Å²) in [6, 6.07) is 8.02. The molecular formula is C22H31NO4. The molecular weight excluding hydrogens is 342 g/mol. The molecule has 0 bridgehead atoms. The number of allylic oxidation sites excluding steroid dienone is 2. The molecule has 0 saturated carbocycles. The monoisotopic (exact) mass is 373 g/mol. The molecule has 5 heteroatoms. The van der Waals surface area contributed by atoms with E-state index in [4.69, 9.17) is 9.47 Å². The highest BCUT2D eigenvalue weighted by Crippen LogP contribution is 2.31. The number of carbonyl (C=O) groups is 2. The summed E-state index contributed by atoms with van der Waals surface area (Å²) in [6.07, 6.45) is 3.75. The highest BCUT2D eigenvalue weighted by Gasteiger charge is 2.27. The van der Waals surface area contributed by atoms with E-state index in [0.717, 1.165) is 18.6 Å². The summed E-state index contributed by atoms with van der Waals surface area (Å²) < 4.78 is 11.3. The van der Waals surface area contributed by atoms with Gasteiger partial charge in [-0.05, 0) is 64.2 Å². The molecule has 1 saturated heterocycles. The van der Waals surface area contributed by atoms with Crippen molar-refractivity contribution in [2.24, 2.45) is 0 Å². The van der Waals surface area contributed by atoms with Gasteiger partial charge in [0.1, 0.15) is 17.1 Å². The first kappa shape index (κ1) is 21.0. The van der Waals surface area contributed by atoms with Crippen LogP contribution in [0, 0.1) is 0 Å². The molecule has 1 heterocycles. The number of amides is 1. The van der Waals surface area contributed by atoms with Crippen LogP contribution in [0.2, 0.25) is 0 Å². The van der Waals surface area contributed by atoms with Crippen LogP contribution >= 0.6 is 0 Å². The highest BCUT2D eigenvalue weighted by atomic mass is 16.6. The summed E-state index contributed by atoms with van der Waals surface area (Å²) in [5.74, 6) is 1.78. The molecule has 0 N–H and O–H groups in total. The second kappa shape index (κ2) is 9.07. The third-order valence-corrected chi connectivity index (χ3v) is 4.44. The molecule has 1 amide bonds. The topological polar surface area (TPSA) is 55.8 Å². The van der Waals surface area contributed by atoms with Gasteiger partial charge in [-0.1, -0.05) is 19.1 Å². The minimum absolute atomic E-state index is 0.0162. The molecule has 0 spiro atoms. The maximum atomic E-state index is 12.2. The maximum absolute atomic E-state index is 12.2. The normalized spacial score (nSPS) is 16.2. The Labute approximate surface area is 162 Å². The molecule has 0 aliphatic carbocycles. The average molecular weight is 373 g/mol. The van der Waals surface area contributed by atoms with Crippen LogP contribution in [0.4, 0.5) is 4.79 Å². The smallest absolute Gasteiger partial charge is 0.410 e. The second-order valence-corrected chi connectivity index (χ2v) is 7.99. The summed E-state index contributed by atoms with van der Waals surface area (Å²) in [7, 11) is 0. The lowest BCUT2D eigenvalue weighted by atomic mass is 9.89. The van der Waals surface area contributed by atoms with Crippen LogP contribution in [0.5, 0.6) is 5.75 Å². The Hall–Kier alpha value is -2.30. The molecule has 1 aliphatic heterocycles. The Bertz CT molecular complexity index is 695. The van der Waals surface area contributed by atoms with E-state index < -0.39 is 5.60 Å². The van der Waals surface area contributed by atoms with Crippen molar-refractivity contribution in [1.82, 2.24) is 4.90 Å². The molecule has 5 nitrogen and oxygen atoms in total. The maximum Gasteiger partial charge on any atom is 0.410 e. The zero-order valence-electron chi connectivity index (χ0n) is 17.1. The Morgan fingerprint density at radius 3 is 2.44 bits per heavy atom. The number of piperidine rings is 1. The lowest BCUT2D eigenvalue weighted by Crippen LogP contribution is -2.41. The van der Waals surface area contributed by atoms with Crippen molar-refractivity contribution in [2.45, 2.75) is 65.4 Å². The second-order valence-electron chi connectivity index (χ2n) is 7.99. The summed E-state index contributed by atoms with van der Waals surface area (Å²) in [4.78, 5) is 25.3. The van der Waals surface area contributed by atoms with Gasteiger partial charge in [0, 0.05) is 25.6 Å². The van der Waals surface area contributed by atoms with Gasteiger partial charge in [-0.2, -0.15) is 0 Å². The van der Waals surface area contributed by atoms with Crippen molar-refractivity contribution >= 4 is 11.9 Å². The Balaban J connectivity index is 1.98. The van der Waals surface area contributed by atoms with Crippen LogP contribution in [0.25, 0.3) is 0 Å². The molecule has 2 rings (SSSR count). The summed E-state index contributed by atoms with van der Waals surface area (Å²) in [6.45, 7) is 10.5. The first-order chi connectivity index (χ1) is 12.7. The quantitative estimate of drug-likeness (QED) is 0.534. The number of likely N-dealkylation sites (tertiary alicyclic amines) is 1. The van der Waals surface area contributed by atoms with Crippen LogP contribution in [-0.2, 0) is 9.53 Å². The molecule has 0 unspecified atom stereocenters. The summed E-state index contributed by atoms with van der Waals surface area (Å²) in [5.41, 5.74) is 0.735. The van der Waals surface area contributed by atoms with Crippen LogP contribution < -0.4 is 4.74 Å². The number of benzene rings is 1. The number of ether oxygens (including phenoxy) is 2. The van der Waals surface area contributed by atoms with E-state index in [0.29, 0.717) is 31.2 Å². The van der Waals surface area contributed by atoms with Crippen molar-refractivity contribution in [3.8, 4) is 5.75 Å². The highest BCUT2D eigenvalue weighted by molar-refractivity contribution is 5.87. The van der Waals surface area contributed by atoms with Gasteiger partial charge in [-0.3, -0.25) is 4.79 Å². The standard InChI is InChI=1S/C22H31NO4/c1-6-19(14-16(2)24)26-20-9-7-8-18(15-20)17-10-12-23(13-11-17)21(25)27-22(3,4)5/h7-9,14-15,17H,6,10-13H2,1-5H3/b19-14+. The third kappa shape index (κ3) is 6.74. The molecule has 0 atom stereocenters. The van der Waals surface area contributed by atoms with Gasteiger partial charge in [0.05, 0.1) is 0 Å². The lowest BCUT2D eigenvalue weighted by molar-refractivity contribution is -0.112. The van der Waals surface area contributed by atoms with Gasteiger partial charge in [-0.15, -0.1) is 0 Å². The fourth-order valence-electron chi connectivity index (χ4n) is 3.14. The van der Waals surface area contributed by atoms with E-state index in [1.165, 1.54) is 18.6 Å². The van der Waals surface area contributed by atoms with Crippen molar-refractivity contribution in [1.29, 1.82) is 0 Å². The number of hydrogen-bond acceptors (Lipinski definition) is 4. The lowest BCUT2D eigenvalue weighted by Gasteiger charge is -2.33. The summed E-state index contributed by atoms with van der Waals surface area (Å²) in [5, 5.41) is 0. The van der Waals surface area contributed by atoms with Crippen molar-refractivity contribution in [2.75, 3.05) is 13.1 Å². The first-order valence-corrected chi connectivity index (χ1v) is 9.65. The van der Waals surface area contributed by atoms with Crippen LogP contribution in [0.1, 0.15) is 65.4 Å². The minimum atomic E-state index is -0.468. The molecule has 1 fully saturated rings. The molecule has 0 radical (unpaired) electrons. The van der Waals surface area contributed by atoms with Crippen molar-refractivity contribution in [3.05, 3.63) is 41.7 Å². The zero-order chi connectivity index (χ0) is 20.0. The predicted octanol–water partition coefficient (Wildman–Crippen LogP) is 5.06. The molecule has 1 aliphatic rings. The summed E-state index contributed by atoms with van der Waals surface area (Å²) >= 11 is 0. The Morgan fingerprint density at radius 1 is 1.22 bits per heavy atom. The van der Waals surface area contributed by atoms with E-state index >= 15 is 0 Å². The third-order valence-electron chi connectivity index (χ3n) is 4.44. The molecule has 148 valence electrons. The van der Waals surface area contributed by atoms with E-state index in [1.807, 2.05) is 45.9 Å². The van der Waals surface area contributed by atoms with Gasteiger partial charge < -0.3 is 14.4 Å². The number of ketones is 1.